The molecule has 2 rings (SSSR count). The lowest BCUT2D eigenvalue weighted by Gasteiger charge is -2.14. The Labute approximate surface area is 119 Å². The fourth-order valence-corrected chi connectivity index (χ4v) is 2.40. The van der Waals surface area contributed by atoms with Crippen molar-refractivity contribution in [2.24, 2.45) is 0 Å². The zero-order chi connectivity index (χ0) is 13.8. The number of nitrogens with zero attached hydrogens (tertiary/aromatic N) is 1. The lowest BCUT2D eigenvalue weighted by Crippen LogP contribution is -2.05. The summed E-state index contributed by atoms with van der Waals surface area (Å²) in [6.45, 7) is 0. The topological polar surface area (TPSA) is 42.4 Å². The van der Waals surface area contributed by atoms with Crippen LogP contribution in [0.3, 0.4) is 0 Å². The molecule has 19 heavy (non-hydrogen) atoms. The first-order chi connectivity index (χ1) is 9.10. The molecule has 0 fully saturated rings. The van der Waals surface area contributed by atoms with E-state index in [9.17, 15) is 9.50 Å². The van der Waals surface area contributed by atoms with Crippen LogP contribution in [0.2, 0.25) is 0 Å². The fraction of sp³-hybridized carbons (Fsp3) is 0.214. The van der Waals surface area contributed by atoms with Crippen LogP contribution in [-0.2, 0) is 6.42 Å². The molecule has 0 saturated carbocycles. The molecule has 5 heteroatoms. The van der Waals surface area contributed by atoms with Gasteiger partial charge in [-0.2, -0.15) is 0 Å². The van der Waals surface area contributed by atoms with E-state index in [-0.39, 0.29) is 5.82 Å². The van der Waals surface area contributed by atoms with Crippen molar-refractivity contribution in [2.75, 3.05) is 7.11 Å². The van der Waals surface area contributed by atoms with Crippen LogP contribution in [0.25, 0.3) is 0 Å². The number of aliphatic hydroxyl groups excluding tert-OH is 1. The third-order valence-corrected chi connectivity index (χ3v) is 3.16. The van der Waals surface area contributed by atoms with Gasteiger partial charge in [0, 0.05) is 22.7 Å². The molecule has 1 aromatic carbocycles. The predicted molar refractivity (Wildman–Crippen MR) is 73.6 cm³/mol. The Balaban J connectivity index is 2.22. The summed E-state index contributed by atoms with van der Waals surface area (Å²) in [6.07, 6.45) is 1.09. The highest BCUT2D eigenvalue weighted by molar-refractivity contribution is 9.10. The first kappa shape index (κ1) is 14.0. The first-order valence-electron chi connectivity index (χ1n) is 5.72. The molecular formula is C14H13BrFNO2. The maximum absolute atomic E-state index is 13.3. The summed E-state index contributed by atoms with van der Waals surface area (Å²) in [5.74, 6) is 0.0418. The minimum absolute atomic E-state index is 0.290. The van der Waals surface area contributed by atoms with Crippen LogP contribution < -0.4 is 4.74 Å². The molecular weight excluding hydrogens is 313 g/mol. The monoisotopic (exact) mass is 325 g/mol. The number of aromatic nitrogens is 1. The van der Waals surface area contributed by atoms with Gasteiger partial charge in [0.25, 0.3) is 0 Å². The summed E-state index contributed by atoms with van der Waals surface area (Å²) >= 11 is 3.23. The number of methoxy groups -OCH3 is 1. The standard InChI is InChI=1S/C14H13BrFNO2/c1-19-14-12(3-2-4-17-14)13(18)7-9-5-10(15)8-11(16)6-9/h2-6,8,13,18H,7H2,1H3. The lowest BCUT2D eigenvalue weighted by atomic mass is 10.0. The summed E-state index contributed by atoms with van der Waals surface area (Å²) in [5, 5.41) is 10.2. The van der Waals surface area contributed by atoms with E-state index in [0.717, 1.165) is 0 Å². The van der Waals surface area contributed by atoms with Crippen molar-refractivity contribution in [3.8, 4) is 5.88 Å². The van der Waals surface area contributed by atoms with Crippen molar-refractivity contribution >= 4 is 15.9 Å². The van der Waals surface area contributed by atoms with Gasteiger partial charge in [-0.15, -0.1) is 0 Å². The Hall–Kier alpha value is -1.46. The Morgan fingerprint density at radius 3 is 2.89 bits per heavy atom. The lowest BCUT2D eigenvalue weighted by molar-refractivity contribution is 0.173. The normalized spacial score (nSPS) is 12.2. The summed E-state index contributed by atoms with van der Waals surface area (Å²) < 4.78 is 19.0. The molecule has 100 valence electrons. The van der Waals surface area contributed by atoms with E-state index in [1.54, 1.807) is 24.4 Å². The maximum Gasteiger partial charge on any atom is 0.218 e. The average Bonchev–Trinajstić information content (AvgIpc) is 2.37. The maximum atomic E-state index is 13.3. The third-order valence-electron chi connectivity index (χ3n) is 2.70. The van der Waals surface area contributed by atoms with Crippen molar-refractivity contribution in [2.45, 2.75) is 12.5 Å². The number of hydrogen-bond acceptors (Lipinski definition) is 3. The molecule has 0 radical (unpaired) electrons. The van der Waals surface area contributed by atoms with Gasteiger partial charge >= 0.3 is 0 Å². The van der Waals surface area contributed by atoms with Gasteiger partial charge in [-0.25, -0.2) is 9.37 Å². The fourth-order valence-electron chi connectivity index (χ4n) is 1.89. The van der Waals surface area contributed by atoms with E-state index in [1.807, 2.05) is 0 Å². The predicted octanol–water partition coefficient (Wildman–Crippen LogP) is 3.27. The van der Waals surface area contributed by atoms with Crippen molar-refractivity contribution in [3.63, 3.8) is 0 Å². The van der Waals surface area contributed by atoms with Gasteiger partial charge < -0.3 is 9.84 Å². The van der Waals surface area contributed by atoms with Crippen LogP contribution in [0, 0.1) is 5.82 Å². The van der Waals surface area contributed by atoms with Crippen molar-refractivity contribution in [1.82, 2.24) is 4.98 Å². The van der Waals surface area contributed by atoms with E-state index in [4.69, 9.17) is 4.74 Å². The number of pyridine rings is 1. The number of hydrogen-bond donors (Lipinski definition) is 1. The average molecular weight is 326 g/mol. The second-order valence-electron chi connectivity index (χ2n) is 4.10. The summed E-state index contributed by atoms with van der Waals surface area (Å²) in [6, 6.07) is 8.01. The largest absolute Gasteiger partial charge is 0.481 e. The molecule has 1 aromatic heterocycles. The minimum atomic E-state index is -0.794. The van der Waals surface area contributed by atoms with Crippen molar-refractivity contribution in [1.29, 1.82) is 0 Å². The SMILES string of the molecule is COc1ncccc1C(O)Cc1cc(F)cc(Br)c1. The van der Waals surface area contributed by atoms with E-state index in [2.05, 4.69) is 20.9 Å². The third kappa shape index (κ3) is 3.52. The Morgan fingerprint density at radius 2 is 2.21 bits per heavy atom. The Kier molecular flexibility index (Phi) is 4.50. The van der Waals surface area contributed by atoms with Crippen LogP contribution in [0.1, 0.15) is 17.2 Å². The van der Waals surface area contributed by atoms with Gasteiger partial charge in [-0.3, -0.25) is 0 Å². The van der Waals surface area contributed by atoms with Gasteiger partial charge in [0.1, 0.15) is 5.82 Å². The molecule has 1 N–H and O–H groups in total. The quantitative estimate of drug-likeness (QED) is 0.938. The second kappa shape index (κ2) is 6.12. The molecule has 0 amide bonds. The minimum Gasteiger partial charge on any atom is -0.481 e. The van der Waals surface area contributed by atoms with Gasteiger partial charge in [-0.05, 0) is 35.9 Å². The van der Waals surface area contributed by atoms with E-state index < -0.39 is 6.10 Å². The van der Waals surface area contributed by atoms with E-state index in [0.29, 0.717) is 27.9 Å². The molecule has 0 aliphatic carbocycles. The van der Waals surface area contributed by atoms with Gasteiger partial charge in [-0.1, -0.05) is 15.9 Å². The van der Waals surface area contributed by atoms with Crippen LogP contribution in [0.5, 0.6) is 5.88 Å². The van der Waals surface area contributed by atoms with Gasteiger partial charge in [0.15, 0.2) is 0 Å². The molecule has 0 saturated heterocycles. The number of halogens is 2. The molecule has 1 unspecified atom stereocenters. The zero-order valence-electron chi connectivity index (χ0n) is 10.3. The van der Waals surface area contributed by atoms with Crippen molar-refractivity contribution < 1.29 is 14.2 Å². The molecule has 1 atom stereocenters. The highest BCUT2D eigenvalue weighted by Crippen LogP contribution is 2.26. The Morgan fingerprint density at radius 1 is 1.42 bits per heavy atom. The van der Waals surface area contributed by atoms with Crippen molar-refractivity contribution in [3.05, 3.63) is 57.9 Å². The molecule has 0 aliphatic rings. The number of rotatable bonds is 4. The summed E-state index contributed by atoms with van der Waals surface area (Å²) in [7, 11) is 1.50. The highest BCUT2D eigenvalue weighted by Gasteiger charge is 2.15. The van der Waals surface area contributed by atoms with Crippen LogP contribution >= 0.6 is 15.9 Å². The highest BCUT2D eigenvalue weighted by atomic mass is 79.9. The Bertz CT molecular complexity index is 557. The zero-order valence-corrected chi connectivity index (χ0v) is 11.9. The smallest absolute Gasteiger partial charge is 0.218 e. The molecule has 0 bridgehead atoms. The molecule has 0 aliphatic heterocycles. The second-order valence-corrected chi connectivity index (χ2v) is 5.02. The van der Waals surface area contributed by atoms with Gasteiger partial charge in [0.2, 0.25) is 5.88 Å². The van der Waals surface area contributed by atoms with Crippen LogP contribution in [-0.4, -0.2) is 17.2 Å². The number of ether oxygens (including phenoxy) is 1. The van der Waals surface area contributed by atoms with E-state index >= 15 is 0 Å². The number of aliphatic hydroxyl groups is 1. The summed E-state index contributed by atoms with van der Waals surface area (Å²) in [4.78, 5) is 4.03. The van der Waals surface area contributed by atoms with Crippen LogP contribution in [0.15, 0.2) is 41.0 Å². The molecule has 1 heterocycles. The van der Waals surface area contributed by atoms with E-state index in [1.165, 1.54) is 19.2 Å². The summed E-state index contributed by atoms with van der Waals surface area (Å²) in [5.41, 5.74) is 1.29. The first-order valence-corrected chi connectivity index (χ1v) is 6.51. The molecule has 0 spiro atoms. The van der Waals surface area contributed by atoms with Crippen LogP contribution in [0.4, 0.5) is 4.39 Å². The molecule has 2 aromatic rings. The number of benzene rings is 1. The van der Waals surface area contributed by atoms with Gasteiger partial charge in [0.05, 0.1) is 13.2 Å². The molecule has 3 nitrogen and oxygen atoms in total.